The Kier molecular flexibility index (Phi) is 4.10. The maximum Gasteiger partial charge on any atom is 0.111 e. The Morgan fingerprint density at radius 3 is 2.88 bits per heavy atom. The van der Waals surface area contributed by atoms with E-state index in [0.29, 0.717) is 11.9 Å². The largest absolute Gasteiger partial charge is 0.325 e. The van der Waals surface area contributed by atoms with E-state index in [4.69, 9.17) is 11.6 Å². The summed E-state index contributed by atoms with van der Waals surface area (Å²) in [6.07, 6.45) is 1.91. The van der Waals surface area contributed by atoms with Gasteiger partial charge in [-0.2, -0.15) is 0 Å². The van der Waals surface area contributed by atoms with Crippen LogP contribution in [0.15, 0.2) is 22.7 Å². The third-order valence-corrected chi connectivity index (χ3v) is 3.76. The van der Waals surface area contributed by atoms with Crippen LogP contribution in [0.25, 0.3) is 11.0 Å². The van der Waals surface area contributed by atoms with E-state index in [9.17, 15) is 0 Å². The van der Waals surface area contributed by atoms with E-state index in [2.05, 4.69) is 57.5 Å². The Morgan fingerprint density at radius 1 is 1.47 bits per heavy atom. The molecule has 0 amide bonds. The van der Waals surface area contributed by atoms with E-state index < -0.39 is 0 Å². The zero-order valence-corrected chi connectivity index (χ0v) is 12.4. The van der Waals surface area contributed by atoms with Crippen LogP contribution in [-0.2, 0) is 6.42 Å². The van der Waals surface area contributed by atoms with Crippen LogP contribution in [0.2, 0.25) is 0 Å². The highest BCUT2D eigenvalue weighted by atomic mass is 79.9. The Labute approximate surface area is 115 Å². The van der Waals surface area contributed by atoms with Crippen molar-refractivity contribution < 1.29 is 0 Å². The molecule has 0 saturated carbocycles. The topological polar surface area (TPSA) is 17.8 Å². The van der Waals surface area contributed by atoms with Gasteiger partial charge in [-0.3, -0.25) is 0 Å². The predicted octanol–water partition coefficient (Wildman–Crippen LogP) is 4.55. The third kappa shape index (κ3) is 2.50. The molecule has 0 N–H and O–H groups in total. The maximum atomic E-state index is 5.85. The fourth-order valence-corrected chi connectivity index (χ4v) is 2.58. The maximum absolute atomic E-state index is 5.85. The van der Waals surface area contributed by atoms with Crippen molar-refractivity contribution in [1.82, 2.24) is 9.55 Å². The van der Waals surface area contributed by atoms with Crippen molar-refractivity contribution in [2.75, 3.05) is 5.88 Å². The van der Waals surface area contributed by atoms with Crippen LogP contribution < -0.4 is 0 Å². The van der Waals surface area contributed by atoms with Crippen molar-refractivity contribution in [1.29, 1.82) is 0 Å². The van der Waals surface area contributed by atoms with Gasteiger partial charge in [-0.15, -0.1) is 11.6 Å². The number of benzene rings is 1. The summed E-state index contributed by atoms with van der Waals surface area (Å²) in [5.41, 5.74) is 2.24. The van der Waals surface area contributed by atoms with Crippen molar-refractivity contribution in [3.63, 3.8) is 0 Å². The van der Waals surface area contributed by atoms with E-state index >= 15 is 0 Å². The molecule has 0 fully saturated rings. The molecule has 2 rings (SSSR count). The Balaban J connectivity index is 2.62. The zero-order chi connectivity index (χ0) is 12.4. The molecule has 1 aromatic heterocycles. The molecule has 0 spiro atoms. The second-order valence-corrected chi connectivity index (χ2v) is 5.52. The normalized spacial score (nSPS) is 13.2. The molecule has 1 unspecified atom stereocenters. The lowest BCUT2D eigenvalue weighted by Crippen LogP contribution is -2.09. The molecule has 0 radical (unpaired) electrons. The number of hydrogen-bond donors (Lipinski definition) is 0. The smallest absolute Gasteiger partial charge is 0.111 e. The monoisotopic (exact) mass is 314 g/mol. The number of hydrogen-bond acceptors (Lipinski definition) is 1. The minimum Gasteiger partial charge on any atom is -0.325 e. The van der Waals surface area contributed by atoms with Gasteiger partial charge in [0.15, 0.2) is 0 Å². The van der Waals surface area contributed by atoms with E-state index in [1.165, 1.54) is 5.52 Å². The molecular formula is C13H16BrClN2. The molecule has 0 aliphatic rings. The fourth-order valence-electron chi connectivity index (χ4n) is 2.06. The summed E-state index contributed by atoms with van der Waals surface area (Å²) in [5, 5.41) is 0. The van der Waals surface area contributed by atoms with Crippen LogP contribution in [0, 0.1) is 0 Å². The number of imidazole rings is 1. The molecular weight excluding hydrogens is 300 g/mol. The van der Waals surface area contributed by atoms with Crippen molar-refractivity contribution >= 4 is 38.6 Å². The van der Waals surface area contributed by atoms with Crippen LogP contribution in [0.4, 0.5) is 0 Å². The average molecular weight is 316 g/mol. The molecule has 2 aromatic rings. The molecule has 0 saturated heterocycles. The molecule has 0 bridgehead atoms. The first-order chi connectivity index (χ1) is 8.17. The van der Waals surface area contributed by atoms with Crippen molar-refractivity contribution in [3.05, 3.63) is 28.5 Å². The van der Waals surface area contributed by atoms with Crippen LogP contribution in [0.1, 0.15) is 32.1 Å². The number of aromatic nitrogens is 2. The summed E-state index contributed by atoms with van der Waals surface area (Å²) in [5.74, 6) is 1.70. The zero-order valence-electron chi connectivity index (χ0n) is 10.1. The van der Waals surface area contributed by atoms with Gasteiger partial charge in [0.25, 0.3) is 0 Å². The summed E-state index contributed by atoms with van der Waals surface area (Å²) >= 11 is 9.34. The molecule has 0 aliphatic carbocycles. The lowest BCUT2D eigenvalue weighted by Gasteiger charge is -2.15. The van der Waals surface area contributed by atoms with Gasteiger partial charge in [0, 0.05) is 22.8 Å². The Hall–Kier alpha value is -0.540. The van der Waals surface area contributed by atoms with Gasteiger partial charge >= 0.3 is 0 Å². The van der Waals surface area contributed by atoms with Gasteiger partial charge < -0.3 is 4.57 Å². The average Bonchev–Trinajstić information content (AvgIpc) is 2.65. The Bertz CT molecular complexity index is 521. The minimum atomic E-state index is 0.458. The third-order valence-electron chi connectivity index (χ3n) is 3.07. The second-order valence-electron chi connectivity index (χ2n) is 4.23. The van der Waals surface area contributed by atoms with Gasteiger partial charge in [-0.1, -0.05) is 22.9 Å². The number of nitrogens with zero attached hydrogens (tertiary/aromatic N) is 2. The van der Waals surface area contributed by atoms with Crippen LogP contribution >= 0.6 is 27.5 Å². The van der Waals surface area contributed by atoms with Crippen molar-refractivity contribution in [2.45, 2.75) is 32.7 Å². The van der Waals surface area contributed by atoms with Crippen molar-refractivity contribution in [3.8, 4) is 0 Å². The quantitative estimate of drug-likeness (QED) is 0.757. The lowest BCUT2D eigenvalue weighted by molar-refractivity contribution is 0.525. The standard InChI is InChI=1S/C13H16BrClN2/c1-3-9(2)17-12-5-4-10(14)8-11(12)16-13(17)6-7-15/h4-5,8-9H,3,6-7H2,1-2H3. The fraction of sp³-hybridized carbons (Fsp3) is 0.462. The van der Waals surface area contributed by atoms with Crippen LogP contribution in [-0.4, -0.2) is 15.4 Å². The first-order valence-corrected chi connectivity index (χ1v) is 7.22. The summed E-state index contributed by atoms with van der Waals surface area (Å²) < 4.78 is 3.38. The van der Waals surface area contributed by atoms with Gasteiger partial charge in [0.1, 0.15) is 5.82 Å². The molecule has 17 heavy (non-hydrogen) atoms. The number of aryl methyl sites for hydroxylation is 1. The van der Waals surface area contributed by atoms with Gasteiger partial charge in [0.2, 0.25) is 0 Å². The predicted molar refractivity (Wildman–Crippen MR) is 76.9 cm³/mol. The lowest BCUT2D eigenvalue weighted by atomic mass is 10.2. The number of rotatable bonds is 4. The van der Waals surface area contributed by atoms with E-state index in [1.807, 2.05) is 0 Å². The highest BCUT2D eigenvalue weighted by Crippen LogP contribution is 2.25. The van der Waals surface area contributed by atoms with E-state index in [-0.39, 0.29) is 0 Å². The minimum absolute atomic E-state index is 0.458. The molecule has 1 aromatic carbocycles. The number of halogens is 2. The highest BCUT2D eigenvalue weighted by molar-refractivity contribution is 9.10. The van der Waals surface area contributed by atoms with Crippen molar-refractivity contribution in [2.24, 2.45) is 0 Å². The molecule has 1 heterocycles. The first kappa shape index (κ1) is 12.9. The van der Waals surface area contributed by atoms with E-state index in [0.717, 1.165) is 28.7 Å². The van der Waals surface area contributed by atoms with Gasteiger partial charge in [0.05, 0.1) is 11.0 Å². The van der Waals surface area contributed by atoms with Crippen LogP contribution in [0.3, 0.4) is 0 Å². The summed E-state index contributed by atoms with van der Waals surface area (Å²) in [6, 6.07) is 6.70. The number of alkyl halides is 1. The summed E-state index contributed by atoms with van der Waals surface area (Å²) in [4.78, 5) is 4.68. The first-order valence-electron chi connectivity index (χ1n) is 5.89. The summed E-state index contributed by atoms with van der Waals surface area (Å²) in [6.45, 7) is 4.42. The molecule has 4 heteroatoms. The highest BCUT2D eigenvalue weighted by Gasteiger charge is 2.14. The molecule has 2 nitrogen and oxygen atoms in total. The molecule has 92 valence electrons. The Morgan fingerprint density at radius 2 is 2.24 bits per heavy atom. The SMILES string of the molecule is CCC(C)n1c(CCCl)nc2cc(Br)ccc21. The molecule has 0 aliphatic heterocycles. The summed E-state index contributed by atoms with van der Waals surface area (Å²) in [7, 11) is 0. The number of fused-ring (bicyclic) bond motifs is 1. The molecule has 1 atom stereocenters. The van der Waals surface area contributed by atoms with Gasteiger partial charge in [-0.25, -0.2) is 4.98 Å². The van der Waals surface area contributed by atoms with Gasteiger partial charge in [-0.05, 0) is 31.5 Å². The van der Waals surface area contributed by atoms with Crippen LogP contribution in [0.5, 0.6) is 0 Å². The second kappa shape index (κ2) is 5.40. The van der Waals surface area contributed by atoms with E-state index in [1.54, 1.807) is 0 Å².